The molecule has 0 aromatic heterocycles. The number of nitrogens with one attached hydrogen (secondary N) is 2. The molecule has 1 aromatic rings. The highest BCUT2D eigenvalue weighted by atomic mass is 16.5. The van der Waals surface area contributed by atoms with E-state index in [-0.39, 0.29) is 18.6 Å². The van der Waals surface area contributed by atoms with Crippen LogP contribution in [0.1, 0.15) is 52.1 Å². The summed E-state index contributed by atoms with van der Waals surface area (Å²) in [6.45, 7) is 9.00. The van der Waals surface area contributed by atoms with Gasteiger partial charge in [0.1, 0.15) is 5.75 Å². The van der Waals surface area contributed by atoms with Crippen molar-refractivity contribution in [2.75, 3.05) is 11.9 Å². The average molecular weight is 290 g/mol. The van der Waals surface area contributed by atoms with Crippen LogP contribution in [0.15, 0.2) is 18.2 Å². The SMILES string of the molecule is CCC(C)CC(C)NC(C)c1ccc2c(c1)NC(=O)CO2. The molecule has 0 fully saturated rings. The van der Waals surface area contributed by atoms with Crippen molar-refractivity contribution in [3.63, 3.8) is 0 Å². The van der Waals surface area contributed by atoms with E-state index >= 15 is 0 Å². The van der Waals surface area contributed by atoms with Gasteiger partial charge in [0, 0.05) is 12.1 Å². The topological polar surface area (TPSA) is 50.4 Å². The lowest BCUT2D eigenvalue weighted by molar-refractivity contribution is -0.118. The number of hydrogen-bond donors (Lipinski definition) is 2. The minimum atomic E-state index is -0.0922. The summed E-state index contributed by atoms with van der Waals surface area (Å²) < 4.78 is 5.39. The largest absolute Gasteiger partial charge is 0.482 e. The number of amides is 1. The predicted octanol–water partition coefficient (Wildman–Crippen LogP) is 3.49. The van der Waals surface area contributed by atoms with E-state index < -0.39 is 0 Å². The van der Waals surface area contributed by atoms with Crippen LogP contribution in [0.2, 0.25) is 0 Å². The second-order valence-corrected chi connectivity index (χ2v) is 6.13. The number of carbonyl (C=O) groups is 1. The zero-order chi connectivity index (χ0) is 15.4. The summed E-state index contributed by atoms with van der Waals surface area (Å²) in [5.74, 6) is 1.39. The van der Waals surface area contributed by atoms with Gasteiger partial charge in [-0.15, -0.1) is 0 Å². The summed E-state index contributed by atoms with van der Waals surface area (Å²) in [7, 11) is 0. The molecule has 1 aliphatic rings. The smallest absolute Gasteiger partial charge is 0.262 e. The van der Waals surface area contributed by atoms with Crippen LogP contribution >= 0.6 is 0 Å². The van der Waals surface area contributed by atoms with Crippen molar-refractivity contribution < 1.29 is 9.53 Å². The number of anilines is 1. The normalized spacial score (nSPS) is 18.2. The second kappa shape index (κ2) is 6.94. The molecule has 1 aliphatic heterocycles. The summed E-state index contributed by atoms with van der Waals surface area (Å²) >= 11 is 0. The lowest BCUT2D eigenvalue weighted by atomic mass is 9.98. The third kappa shape index (κ3) is 4.21. The van der Waals surface area contributed by atoms with Gasteiger partial charge in [0.2, 0.25) is 0 Å². The summed E-state index contributed by atoms with van der Waals surface area (Å²) in [5, 5.41) is 6.48. The van der Waals surface area contributed by atoms with Crippen LogP contribution in [0.4, 0.5) is 5.69 Å². The van der Waals surface area contributed by atoms with E-state index in [1.165, 1.54) is 12.8 Å². The Morgan fingerprint density at radius 1 is 1.33 bits per heavy atom. The van der Waals surface area contributed by atoms with Crippen LogP contribution in [-0.2, 0) is 4.79 Å². The summed E-state index contributed by atoms with van der Waals surface area (Å²) in [6.07, 6.45) is 2.38. The van der Waals surface area contributed by atoms with E-state index in [2.05, 4.69) is 44.4 Å². The van der Waals surface area contributed by atoms with E-state index in [0.29, 0.717) is 6.04 Å². The Hall–Kier alpha value is -1.55. The first-order chi connectivity index (χ1) is 9.99. The fourth-order valence-electron chi connectivity index (χ4n) is 2.73. The van der Waals surface area contributed by atoms with Crippen LogP contribution < -0.4 is 15.4 Å². The Morgan fingerprint density at radius 3 is 2.81 bits per heavy atom. The van der Waals surface area contributed by atoms with Crippen molar-refractivity contribution in [3.05, 3.63) is 23.8 Å². The summed E-state index contributed by atoms with van der Waals surface area (Å²) in [4.78, 5) is 11.4. The fraction of sp³-hybridized carbons (Fsp3) is 0.588. The third-order valence-corrected chi connectivity index (χ3v) is 4.12. The molecule has 116 valence electrons. The molecule has 3 atom stereocenters. The molecule has 3 unspecified atom stereocenters. The molecule has 4 heteroatoms. The van der Waals surface area contributed by atoms with Crippen LogP contribution in [0.3, 0.4) is 0 Å². The minimum absolute atomic E-state index is 0.0922. The third-order valence-electron chi connectivity index (χ3n) is 4.12. The highest BCUT2D eigenvalue weighted by molar-refractivity contribution is 5.95. The van der Waals surface area contributed by atoms with Crippen LogP contribution in [0.5, 0.6) is 5.75 Å². The van der Waals surface area contributed by atoms with Gasteiger partial charge in [0.25, 0.3) is 5.91 Å². The molecule has 4 nitrogen and oxygen atoms in total. The van der Waals surface area contributed by atoms with Gasteiger partial charge in [-0.3, -0.25) is 4.79 Å². The van der Waals surface area contributed by atoms with E-state index in [4.69, 9.17) is 4.74 Å². The summed E-state index contributed by atoms with van der Waals surface area (Å²) in [6, 6.07) is 6.70. The molecule has 0 aliphatic carbocycles. The molecule has 0 bridgehead atoms. The molecule has 1 amide bonds. The minimum Gasteiger partial charge on any atom is -0.482 e. The number of ether oxygens (including phenoxy) is 1. The van der Waals surface area contributed by atoms with E-state index in [1.54, 1.807) is 0 Å². The van der Waals surface area contributed by atoms with Gasteiger partial charge >= 0.3 is 0 Å². The van der Waals surface area contributed by atoms with Gasteiger partial charge in [0.15, 0.2) is 6.61 Å². The lowest BCUT2D eigenvalue weighted by Crippen LogP contribution is -2.31. The highest BCUT2D eigenvalue weighted by Gasteiger charge is 2.18. The molecule has 0 spiro atoms. The van der Waals surface area contributed by atoms with Crippen LogP contribution in [0.25, 0.3) is 0 Å². The molecular formula is C17H26N2O2. The Morgan fingerprint density at radius 2 is 2.10 bits per heavy atom. The number of benzene rings is 1. The van der Waals surface area contributed by atoms with Gasteiger partial charge < -0.3 is 15.4 Å². The Balaban J connectivity index is 2.01. The van der Waals surface area contributed by atoms with Crippen molar-refractivity contribution in [2.45, 2.75) is 52.6 Å². The Kier molecular flexibility index (Phi) is 5.23. The number of hydrogen-bond acceptors (Lipinski definition) is 3. The Bertz CT molecular complexity index is 502. The molecule has 0 saturated heterocycles. The first-order valence-corrected chi connectivity index (χ1v) is 7.82. The maximum atomic E-state index is 11.4. The maximum Gasteiger partial charge on any atom is 0.262 e. The fourth-order valence-corrected chi connectivity index (χ4v) is 2.73. The van der Waals surface area contributed by atoms with E-state index in [1.807, 2.05) is 12.1 Å². The molecule has 1 aromatic carbocycles. The standard InChI is InChI=1S/C17H26N2O2/c1-5-11(2)8-12(3)18-13(4)14-6-7-16-15(9-14)19-17(20)10-21-16/h6-7,9,11-13,18H,5,8,10H2,1-4H3,(H,19,20). The van der Waals surface area contributed by atoms with Crippen molar-refractivity contribution >= 4 is 11.6 Å². The first kappa shape index (κ1) is 15.8. The van der Waals surface area contributed by atoms with Crippen molar-refractivity contribution in [3.8, 4) is 5.75 Å². The van der Waals surface area contributed by atoms with Crippen molar-refractivity contribution in [2.24, 2.45) is 5.92 Å². The average Bonchev–Trinajstić information content (AvgIpc) is 2.45. The molecular weight excluding hydrogens is 264 g/mol. The maximum absolute atomic E-state index is 11.4. The zero-order valence-electron chi connectivity index (χ0n) is 13.4. The number of fused-ring (bicyclic) bond motifs is 1. The quantitative estimate of drug-likeness (QED) is 0.843. The van der Waals surface area contributed by atoms with E-state index in [9.17, 15) is 4.79 Å². The molecule has 21 heavy (non-hydrogen) atoms. The predicted molar refractivity (Wildman–Crippen MR) is 85.7 cm³/mol. The van der Waals surface area contributed by atoms with Gasteiger partial charge in [0.05, 0.1) is 5.69 Å². The van der Waals surface area contributed by atoms with Crippen molar-refractivity contribution in [1.29, 1.82) is 0 Å². The van der Waals surface area contributed by atoms with Gasteiger partial charge in [-0.2, -0.15) is 0 Å². The molecule has 1 heterocycles. The Labute approximate surface area is 127 Å². The highest BCUT2D eigenvalue weighted by Crippen LogP contribution is 2.30. The molecule has 0 saturated carbocycles. The number of carbonyl (C=O) groups excluding carboxylic acids is 1. The summed E-state index contributed by atoms with van der Waals surface area (Å²) in [5.41, 5.74) is 1.93. The van der Waals surface area contributed by atoms with Crippen molar-refractivity contribution in [1.82, 2.24) is 5.32 Å². The lowest BCUT2D eigenvalue weighted by Gasteiger charge is -2.24. The molecule has 0 radical (unpaired) electrons. The zero-order valence-corrected chi connectivity index (χ0v) is 13.4. The van der Waals surface area contributed by atoms with Gasteiger partial charge in [-0.1, -0.05) is 26.3 Å². The second-order valence-electron chi connectivity index (χ2n) is 6.13. The number of rotatable bonds is 6. The van der Waals surface area contributed by atoms with Gasteiger partial charge in [-0.25, -0.2) is 0 Å². The molecule has 2 N–H and O–H groups in total. The molecule has 2 rings (SSSR count). The van der Waals surface area contributed by atoms with E-state index in [0.717, 1.165) is 22.9 Å². The van der Waals surface area contributed by atoms with Gasteiger partial charge in [-0.05, 0) is 43.9 Å². The van der Waals surface area contributed by atoms with Crippen LogP contribution in [0, 0.1) is 5.92 Å². The van der Waals surface area contributed by atoms with Crippen LogP contribution in [-0.4, -0.2) is 18.6 Å². The first-order valence-electron chi connectivity index (χ1n) is 7.82. The monoisotopic (exact) mass is 290 g/mol.